The highest BCUT2D eigenvalue weighted by Gasteiger charge is 2.18. The standard InChI is InChI=1S/C23H26ClN5O2/c24-20-5-6-21(31-18-7-9-25-10-8-18)22-19(20)15-26-23(28-22)27-16-1-3-17(4-2-16)29-11-13-30-14-12-29/h1-6,15,18,25H,7-14H2,(H,26,27,28). The maximum absolute atomic E-state index is 6.40. The van der Waals surface area contributed by atoms with Crippen LogP contribution in [0.15, 0.2) is 42.6 Å². The Kier molecular flexibility index (Phi) is 6.06. The number of hydrogen-bond donors (Lipinski definition) is 2. The number of rotatable bonds is 5. The van der Waals surface area contributed by atoms with Crippen molar-refractivity contribution in [1.82, 2.24) is 15.3 Å². The lowest BCUT2D eigenvalue weighted by Gasteiger charge is -2.28. The van der Waals surface area contributed by atoms with Gasteiger partial charge in [-0.1, -0.05) is 11.6 Å². The molecule has 31 heavy (non-hydrogen) atoms. The van der Waals surface area contributed by atoms with E-state index in [1.807, 2.05) is 24.3 Å². The molecule has 0 unspecified atom stereocenters. The van der Waals surface area contributed by atoms with E-state index in [0.29, 0.717) is 11.0 Å². The van der Waals surface area contributed by atoms with Gasteiger partial charge in [-0.3, -0.25) is 0 Å². The molecule has 0 saturated carbocycles. The van der Waals surface area contributed by atoms with Crippen molar-refractivity contribution in [3.63, 3.8) is 0 Å². The summed E-state index contributed by atoms with van der Waals surface area (Å²) in [6.07, 6.45) is 3.90. The van der Waals surface area contributed by atoms with Crippen LogP contribution in [0, 0.1) is 0 Å². The van der Waals surface area contributed by atoms with Gasteiger partial charge in [-0.25, -0.2) is 9.97 Å². The summed E-state index contributed by atoms with van der Waals surface area (Å²) < 4.78 is 11.7. The summed E-state index contributed by atoms with van der Waals surface area (Å²) in [6.45, 7) is 5.32. The third kappa shape index (κ3) is 4.69. The van der Waals surface area contributed by atoms with E-state index in [1.54, 1.807) is 6.20 Å². The number of halogens is 1. The van der Waals surface area contributed by atoms with E-state index < -0.39 is 0 Å². The van der Waals surface area contributed by atoms with Gasteiger partial charge in [-0.05, 0) is 62.3 Å². The van der Waals surface area contributed by atoms with Crippen LogP contribution in [-0.4, -0.2) is 55.5 Å². The molecule has 1 aromatic heterocycles. The maximum atomic E-state index is 6.40. The van der Waals surface area contributed by atoms with E-state index in [9.17, 15) is 0 Å². The van der Waals surface area contributed by atoms with E-state index in [-0.39, 0.29) is 6.10 Å². The molecule has 2 aliphatic rings. The van der Waals surface area contributed by atoms with Crippen molar-refractivity contribution in [2.75, 3.05) is 49.6 Å². The Morgan fingerprint density at radius 3 is 2.61 bits per heavy atom. The van der Waals surface area contributed by atoms with Gasteiger partial charge < -0.3 is 25.0 Å². The Morgan fingerprint density at radius 2 is 1.84 bits per heavy atom. The molecule has 3 heterocycles. The lowest BCUT2D eigenvalue weighted by atomic mass is 10.1. The number of morpholine rings is 1. The van der Waals surface area contributed by atoms with Crippen molar-refractivity contribution in [3.05, 3.63) is 47.6 Å². The highest BCUT2D eigenvalue weighted by Crippen LogP contribution is 2.32. The summed E-state index contributed by atoms with van der Waals surface area (Å²) in [5, 5.41) is 8.08. The van der Waals surface area contributed by atoms with Crippen LogP contribution in [0.3, 0.4) is 0 Å². The van der Waals surface area contributed by atoms with Crippen LogP contribution >= 0.6 is 11.6 Å². The minimum absolute atomic E-state index is 0.185. The zero-order valence-electron chi connectivity index (χ0n) is 17.3. The second-order valence-corrected chi connectivity index (χ2v) is 8.25. The van der Waals surface area contributed by atoms with Crippen LogP contribution in [0.25, 0.3) is 10.9 Å². The normalized spacial score (nSPS) is 17.6. The molecule has 2 aliphatic heterocycles. The molecule has 0 amide bonds. The second-order valence-electron chi connectivity index (χ2n) is 7.84. The summed E-state index contributed by atoms with van der Waals surface area (Å²) in [6, 6.07) is 12.1. The highest BCUT2D eigenvalue weighted by molar-refractivity contribution is 6.35. The first-order chi connectivity index (χ1) is 15.3. The fourth-order valence-corrected chi connectivity index (χ4v) is 4.22. The molecule has 7 nitrogen and oxygen atoms in total. The molecule has 0 radical (unpaired) electrons. The van der Waals surface area contributed by atoms with Crippen LogP contribution in [0.5, 0.6) is 5.75 Å². The van der Waals surface area contributed by atoms with Crippen LogP contribution in [0.2, 0.25) is 5.02 Å². The van der Waals surface area contributed by atoms with Crippen molar-refractivity contribution >= 4 is 39.8 Å². The third-order valence-corrected chi connectivity index (χ3v) is 6.07. The number of hydrogen-bond acceptors (Lipinski definition) is 7. The van der Waals surface area contributed by atoms with Gasteiger partial charge in [-0.15, -0.1) is 0 Å². The van der Waals surface area contributed by atoms with Crippen molar-refractivity contribution < 1.29 is 9.47 Å². The summed E-state index contributed by atoms with van der Waals surface area (Å²) in [4.78, 5) is 11.5. The zero-order chi connectivity index (χ0) is 21.0. The molecule has 2 N–H and O–H groups in total. The van der Waals surface area contributed by atoms with Gasteiger partial charge in [-0.2, -0.15) is 0 Å². The Hall–Kier alpha value is -2.61. The van der Waals surface area contributed by atoms with E-state index >= 15 is 0 Å². The Bertz CT molecular complexity index is 1030. The molecule has 8 heteroatoms. The zero-order valence-corrected chi connectivity index (χ0v) is 18.1. The summed E-state index contributed by atoms with van der Waals surface area (Å²) in [5.74, 6) is 1.27. The quantitative estimate of drug-likeness (QED) is 0.622. The molecular weight excluding hydrogens is 414 g/mol. The molecule has 0 atom stereocenters. The molecule has 0 aliphatic carbocycles. The molecule has 3 aromatic rings. The average molecular weight is 440 g/mol. The van der Waals surface area contributed by atoms with Gasteiger partial charge in [0.05, 0.1) is 18.2 Å². The van der Waals surface area contributed by atoms with Crippen molar-refractivity contribution in [2.45, 2.75) is 18.9 Å². The van der Waals surface area contributed by atoms with Gasteiger partial charge in [0, 0.05) is 36.0 Å². The lowest BCUT2D eigenvalue weighted by molar-refractivity contribution is 0.122. The minimum atomic E-state index is 0.185. The van der Waals surface area contributed by atoms with Crippen molar-refractivity contribution in [1.29, 1.82) is 0 Å². The Balaban J connectivity index is 1.36. The van der Waals surface area contributed by atoms with Crippen LogP contribution in [-0.2, 0) is 4.74 Å². The first-order valence-electron chi connectivity index (χ1n) is 10.8. The number of ether oxygens (including phenoxy) is 2. The molecular formula is C23H26ClN5O2. The molecule has 0 bridgehead atoms. The smallest absolute Gasteiger partial charge is 0.227 e. The second kappa shape index (κ2) is 9.26. The predicted octanol–water partition coefficient (Wildman–Crippen LogP) is 3.99. The summed E-state index contributed by atoms with van der Waals surface area (Å²) in [5.41, 5.74) is 2.85. The number of anilines is 3. The van der Waals surface area contributed by atoms with Crippen LogP contribution < -0.4 is 20.3 Å². The number of aromatic nitrogens is 2. The topological polar surface area (TPSA) is 71.5 Å². The molecule has 2 fully saturated rings. The monoisotopic (exact) mass is 439 g/mol. The van der Waals surface area contributed by atoms with Gasteiger partial charge in [0.2, 0.25) is 5.95 Å². The molecule has 2 saturated heterocycles. The first-order valence-corrected chi connectivity index (χ1v) is 11.2. The molecule has 162 valence electrons. The SMILES string of the molecule is Clc1ccc(OC2CCNCC2)c2nc(Nc3ccc(N4CCOCC4)cc3)ncc12. The first kappa shape index (κ1) is 20.3. The summed E-state index contributed by atoms with van der Waals surface area (Å²) >= 11 is 6.40. The van der Waals surface area contributed by atoms with E-state index in [2.05, 4.69) is 32.7 Å². The third-order valence-electron chi connectivity index (χ3n) is 5.74. The average Bonchev–Trinajstić information content (AvgIpc) is 2.83. The lowest BCUT2D eigenvalue weighted by Crippen LogP contribution is -2.36. The highest BCUT2D eigenvalue weighted by atomic mass is 35.5. The van der Waals surface area contributed by atoms with Crippen LogP contribution in [0.1, 0.15) is 12.8 Å². The fraction of sp³-hybridized carbons (Fsp3) is 0.391. The number of piperidine rings is 1. The Labute approximate surface area is 186 Å². The number of benzene rings is 2. The number of nitrogens with zero attached hydrogens (tertiary/aromatic N) is 3. The molecule has 2 aromatic carbocycles. The Morgan fingerprint density at radius 1 is 1.06 bits per heavy atom. The van der Waals surface area contributed by atoms with Crippen molar-refractivity contribution in [3.8, 4) is 5.75 Å². The fourth-order valence-electron chi connectivity index (χ4n) is 4.02. The van der Waals surface area contributed by atoms with Gasteiger partial charge >= 0.3 is 0 Å². The van der Waals surface area contributed by atoms with Gasteiger partial charge in [0.25, 0.3) is 0 Å². The van der Waals surface area contributed by atoms with E-state index in [4.69, 9.17) is 26.1 Å². The van der Waals surface area contributed by atoms with Crippen molar-refractivity contribution in [2.24, 2.45) is 0 Å². The number of nitrogens with one attached hydrogen (secondary N) is 2. The summed E-state index contributed by atoms with van der Waals surface area (Å²) in [7, 11) is 0. The minimum Gasteiger partial charge on any atom is -0.488 e. The molecule has 5 rings (SSSR count). The maximum Gasteiger partial charge on any atom is 0.227 e. The molecule has 0 spiro atoms. The predicted molar refractivity (Wildman–Crippen MR) is 124 cm³/mol. The van der Waals surface area contributed by atoms with E-state index in [0.717, 1.165) is 74.6 Å². The van der Waals surface area contributed by atoms with Gasteiger partial charge in [0.15, 0.2) is 0 Å². The largest absolute Gasteiger partial charge is 0.488 e. The van der Waals surface area contributed by atoms with Crippen LogP contribution in [0.4, 0.5) is 17.3 Å². The van der Waals surface area contributed by atoms with Gasteiger partial charge in [0.1, 0.15) is 17.4 Å². The van der Waals surface area contributed by atoms with E-state index in [1.165, 1.54) is 5.69 Å². The number of fused-ring (bicyclic) bond motifs is 1.